The van der Waals surface area contributed by atoms with Crippen molar-refractivity contribution in [3.63, 3.8) is 0 Å². The first-order valence-electron chi connectivity index (χ1n) is 8.99. The largest absolute Gasteiger partial charge is 0.425 e. The first-order chi connectivity index (χ1) is 13.4. The molecule has 0 N–H and O–H groups in total. The third kappa shape index (κ3) is 3.07. The van der Waals surface area contributed by atoms with E-state index in [0.717, 1.165) is 0 Å². The number of esters is 1. The number of ketones is 1. The molecule has 4 rings (SSSR count). The van der Waals surface area contributed by atoms with Gasteiger partial charge in [-0.25, -0.2) is 4.39 Å². The van der Waals surface area contributed by atoms with Gasteiger partial charge in [-0.15, -0.1) is 0 Å². The molecule has 1 amide bonds. The summed E-state index contributed by atoms with van der Waals surface area (Å²) in [4.78, 5) is 38.7. The number of amides is 1. The van der Waals surface area contributed by atoms with Gasteiger partial charge in [0, 0.05) is 24.9 Å². The Morgan fingerprint density at radius 1 is 1.18 bits per heavy atom. The minimum atomic E-state index is -0.696. The summed E-state index contributed by atoms with van der Waals surface area (Å²) in [5.41, 5.74) is 0.958. The number of fused-ring (bicyclic) bond motifs is 1. The van der Waals surface area contributed by atoms with E-state index < -0.39 is 17.7 Å². The molecule has 0 bridgehead atoms. The molecule has 1 heterocycles. The minimum absolute atomic E-state index is 0.0161. The number of rotatable bonds is 3. The number of benzene rings is 2. The molecule has 1 aliphatic heterocycles. The fourth-order valence-corrected chi connectivity index (χ4v) is 4.11. The summed E-state index contributed by atoms with van der Waals surface area (Å²) < 4.78 is 19.5. The number of hydrogen-bond donors (Lipinski definition) is 0. The number of anilines is 1. The van der Waals surface area contributed by atoms with Gasteiger partial charge in [-0.2, -0.15) is 0 Å². The number of nitrogens with zero attached hydrogens (tertiary/aromatic N) is 1. The third-order valence-electron chi connectivity index (χ3n) is 5.23. The van der Waals surface area contributed by atoms with Crippen molar-refractivity contribution in [2.75, 3.05) is 11.4 Å². The van der Waals surface area contributed by atoms with Crippen LogP contribution in [-0.2, 0) is 9.59 Å². The summed E-state index contributed by atoms with van der Waals surface area (Å²) in [6.07, 6.45) is 0.167. The van der Waals surface area contributed by atoms with Gasteiger partial charge in [-0.05, 0) is 30.2 Å². The lowest BCUT2D eigenvalue weighted by Crippen LogP contribution is -2.27. The number of Topliss-reactive ketones (excluding diaryl/α,β-unsaturated/α-hetero) is 1. The van der Waals surface area contributed by atoms with Crippen molar-refractivity contribution in [2.45, 2.75) is 25.7 Å². The Kier molecular flexibility index (Phi) is 4.67. The summed E-state index contributed by atoms with van der Waals surface area (Å²) in [7, 11) is 0. The fourth-order valence-electron chi connectivity index (χ4n) is 3.87. The fraction of sp³-hybridized carbons (Fsp3) is 0.286. The highest BCUT2D eigenvalue weighted by Gasteiger charge is 2.39. The Hall–Kier alpha value is -2.73. The van der Waals surface area contributed by atoms with Gasteiger partial charge in [0.05, 0.1) is 22.2 Å². The first-order valence-corrected chi connectivity index (χ1v) is 9.36. The number of hydrogen-bond acceptors (Lipinski definition) is 4. The Morgan fingerprint density at radius 3 is 2.68 bits per heavy atom. The van der Waals surface area contributed by atoms with Gasteiger partial charge in [0.25, 0.3) is 0 Å². The molecule has 144 valence electrons. The van der Waals surface area contributed by atoms with Gasteiger partial charge in [-0.3, -0.25) is 14.4 Å². The van der Waals surface area contributed by atoms with Crippen LogP contribution in [0.4, 0.5) is 10.1 Å². The Morgan fingerprint density at radius 2 is 1.93 bits per heavy atom. The van der Waals surface area contributed by atoms with Crippen molar-refractivity contribution in [3.05, 3.63) is 58.4 Å². The number of ether oxygens (including phenoxy) is 1. The molecule has 2 aromatic rings. The van der Waals surface area contributed by atoms with Crippen LogP contribution in [0.2, 0.25) is 5.02 Å². The van der Waals surface area contributed by atoms with Crippen LogP contribution in [0.15, 0.2) is 36.4 Å². The van der Waals surface area contributed by atoms with Crippen LogP contribution >= 0.6 is 11.6 Å². The van der Waals surface area contributed by atoms with E-state index >= 15 is 0 Å². The predicted octanol–water partition coefficient (Wildman–Crippen LogP) is 4.13. The molecule has 2 aromatic carbocycles. The van der Waals surface area contributed by atoms with Gasteiger partial charge in [0.15, 0.2) is 5.78 Å². The van der Waals surface area contributed by atoms with Crippen molar-refractivity contribution in [1.29, 1.82) is 0 Å². The molecule has 0 saturated carbocycles. The van der Waals surface area contributed by atoms with E-state index in [9.17, 15) is 18.8 Å². The maximum Gasteiger partial charge on any atom is 0.316 e. The van der Waals surface area contributed by atoms with Crippen LogP contribution in [0.3, 0.4) is 0 Å². The minimum Gasteiger partial charge on any atom is -0.425 e. The zero-order chi connectivity index (χ0) is 20.0. The molecular formula is C21H17ClFNO4. The Bertz CT molecular complexity index is 1010. The standard InChI is InChI=1S/C21H17ClFNO4/c1-11-8-16(25)20-17(7-6-14(23)19(11)20)28-21(27)12-9-18(26)24(10-12)15-5-3-2-4-13(15)22/h2-7,11-12H,8-10H2,1H3. The molecule has 0 spiro atoms. The lowest BCUT2D eigenvalue weighted by atomic mass is 10.0. The van der Waals surface area contributed by atoms with Gasteiger partial charge in [-0.1, -0.05) is 30.7 Å². The molecule has 0 aromatic heterocycles. The maximum absolute atomic E-state index is 14.1. The van der Waals surface area contributed by atoms with Gasteiger partial charge >= 0.3 is 5.97 Å². The van der Waals surface area contributed by atoms with E-state index in [0.29, 0.717) is 10.7 Å². The molecule has 1 saturated heterocycles. The summed E-state index contributed by atoms with van der Waals surface area (Å²) in [5, 5.41) is 0.417. The van der Waals surface area contributed by atoms with Crippen LogP contribution in [0.5, 0.6) is 5.75 Å². The second-order valence-electron chi connectivity index (χ2n) is 7.14. The molecular weight excluding hydrogens is 385 g/mol. The monoisotopic (exact) mass is 401 g/mol. The highest BCUT2D eigenvalue weighted by atomic mass is 35.5. The van der Waals surface area contributed by atoms with Crippen LogP contribution in [-0.4, -0.2) is 24.2 Å². The molecule has 7 heteroatoms. The first kappa shape index (κ1) is 18.6. The smallest absolute Gasteiger partial charge is 0.316 e. The molecule has 28 heavy (non-hydrogen) atoms. The van der Waals surface area contributed by atoms with Gasteiger partial charge in [0.1, 0.15) is 11.6 Å². The predicted molar refractivity (Wildman–Crippen MR) is 101 cm³/mol. The van der Waals surface area contributed by atoms with Crippen molar-refractivity contribution in [1.82, 2.24) is 0 Å². The lowest BCUT2D eigenvalue weighted by Gasteiger charge is -2.18. The average molecular weight is 402 g/mol. The topological polar surface area (TPSA) is 63.7 Å². The van der Waals surface area contributed by atoms with E-state index in [2.05, 4.69) is 0 Å². The zero-order valence-corrected chi connectivity index (χ0v) is 15.8. The van der Waals surface area contributed by atoms with Crippen molar-refractivity contribution in [3.8, 4) is 5.75 Å². The third-order valence-corrected chi connectivity index (χ3v) is 5.55. The second kappa shape index (κ2) is 7.02. The highest BCUT2D eigenvalue weighted by Crippen LogP contribution is 2.40. The number of carbonyl (C=O) groups is 3. The van der Waals surface area contributed by atoms with E-state index in [1.807, 2.05) is 0 Å². The molecule has 2 atom stereocenters. The van der Waals surface area contributed by atoms with E-state index in [4.69, 9.17) is 16.3 Å². The quantitative estimate of drug-likeness (QED) is 0.573. The molecule has 1 fully saturated rings. The molecule has 2 aliphatic rings. The SMILES string of the molecule is CC1CC(=O)c2c(OC(=O)C3CC(=O)N(c4ccccc4Cl)C3)ccc(F)c21. The van der Waals surface area contributed by atoms with Crippen LogP contribution in [0.25, 0.3) is 0 Å². The van der Waals surface area contributed by atoms with Crippen LogP contribution in [0, 0.1) is 11.7 Å². The van der Waals surface area contributed by atoms with Gasteiger partial charge in [0.2, 0.25) is 5.91 Å². The molecule has 1 aliphatic carbocycles. The Labute approximate surface area is 166 Å². The van der Waals surface area contributed by atoms with Crippen molar-refractivity contribution in [2.24, 2.45) is 5.92 Å². The van der Waals surface area contributed by atoms with E-state index in [1.165, 1.54) is 17.0 Å². The highest BCUT2D eigenvalue weighted by molar-refractivity contribution is 6.33. The maximum atomic E-state index is 14.1. The second-order valence-corrected chi connectivity index (χ2v) is 7.55. The Balaban J connectivity index is 1.56. The zero-order valence-electron chi connectivity index (χ0n) is 15.1. The molecule has 2 unspecified atom stereocenters. The molecule has 5 nitrogen and oxygen atoms in total. The normalized spacial score (nSPS) is 21.2. The van der Waals surface area contributed by atoms with E-state index in [-0.39, 0.29) is 53.9 Å². The number of halogens is 2. The molecule has 0 radical (unpaired) electrons. The van der Waals surface area contributed by atoms with Crippen molar-refractivity contribution < 1.29 is 23.5 Å². The summed E-state index contributed by atoms with van der Waals surface area (Å²) >= 11 is 6.15. The number of para-hydroxylation sites is 1. The van der Waals surface area contributed by atoms with Crippen LogP contribution in [0.1, 0.15) is 41.6 Å². The van der Waals surface area contributed by atoms with Crippen molar-refractivity contribution >= 4 is 34.9 Å². The average Bonchev–Trinajstić information content (AvgIpc) is 3.18. The lowest BCUT2D eigenvalue weighted by molar-refractivity contribution is -0.139. The summed E-state index contributed by atoms with van der Waals surface area (Å²) in [6.45, 7) is 1.89. The summed E-state index contributed by atoms with van der Waals surface area (Å²) in [5.74, 6) is -2.48. The number of carbonyl (C=O) groups excluding carboxylic acids is 3. The van der Waals surface area contributed by atoms with E-state index in [1.54, 1.807) is 31.2 Å². The van der Waals surface area contributed by atoms with Gasteiger partial charge < -0.3 is 9.64 Å². The van der Waals surface area contributed by atoms with Crippen LogP contribution < -0.4 is 9.64 Å². The summed E-state index contributed by atoms with van der Waals surface area (Å²) in [6, 6.07) is 9.39.